The van der Waals surface area contributed by atoms with Crippen LogP contribution in [0.1, 0.15) is 44.9 Å². The Hall–Kier alpha value is -0.850. The first kappa shape index (κ1) is 19.9. The van der Waals surface area contributed by atoms with Gasteiger partial charge < -0.3 is 24.6 Å². The molecule has 0 aromatic heterocycles. The summed E-state index contributed by atoms with van der Waals surface area (Å²) in [6.07, 6.45) is 9.00. The molecule has 3 saturated heterocycles. The van der Waals surface area contributed by atoms with Crippen LogP contribution in [0.2, 0.25) is 0 Å². The first-order valence-corrected chi connectivity index (χ1v) is 10.7. The second kappa shape index (κ2) is 11.1. The monoisotopic (exact) mass is 366 g/mol. The molecule has 3 aliphatic heterocycles. The molecular weight excluding hydrogens is 328 g/mol. The van der Waals surface area contributed by atoms with Crippen molar-refractivity contribution in [1.82, 2.24) is 15.1 Å². The van der Waals surface area contributed by atoms with Gasteiger partial charge in [0.05, 0.1) is 6.10 Å². The van der Waals surface area contributed by atoms with E-state index in [9.17, 15) is 0 Å². The van der Waals surface area contributed by atoms with Crippen molar-refractivity contribution in [3.63, 3.8) is 0 Å². The van der Waals surface area contributed by atoms with Crippen molar-refractivity contribution >= 4 is 5.96 Å². The van der Waals surface area contributed by atoms with Crippen LogP contribution in [0.3, 0.4) is 0 Å². The largest absolute Gasteiger partial charge is 0.381 e. The molecule has 0 amide bonds. The van der Waals surface area contributed by atoms with Gasteiger partial charge in [-0.1, -0.05) is 6.42 Å². The third-order valence-corrected chi connectivity index (χ3v) is 5.89. The van der Waals surface area contributed by atoms with E-state index in [2.05, 4.69) is 20.1 Å². The van der Waals surface area contributed by atoms with Gasteiger partial charge in [-0.3, -0.25) is 4.99 Å². The van der Waals surface area contributed by atoms with Crippen molar-refractivity contribution in [3.05, 3.63) is 0 Å². The lowest BCUT2D eigenvalue weighted by Crippen LogP contribution is -2.41. The Labute approximate surface area is 159 Å². The van der Waals surface area contributed by atoms with Crippen LogP contribution >= 0.6 is 0 Å². The fraction of sp³-hybridized carbons (Fsp3) is 0.950. The number of rotatable bonds is 7. The van der Waals surface area contributed by atoms with Gasteiger partial charge in [0.15, 0.2) is 5.96 Å². The molecule has 150 valence electrons. The summed E-state index contributed by atoms with van der Waals surface area (Å²) >= 11 is 0. The van der Waals surface area contributed by atoms with Crippen molar-refractivity contribution < 1.29 is 9.47 Å². The Morgan fingerprint density at radius 1 is 1.12 bits per heavy atom. The van der Waals surface area contributed by atoms with Crippen LogP contribution in [-0.2, 0) is 9.47 Å². The molecule has 3 fully saturated rings. The molecule has 1 unspecified atom stereocenters. The molecule has 6 heteroatoms. The lowest BCUT2D eigenvalue weighted by atomic mass is 10.1. The number of piperidine rings is 1. The molecule has 3 rings (SSSR count). The predicted octanol–water partition coefficient (Wildman–Crippen LogP) is 1.96. The summed E-state index contributed by atoms with van der Waals surface area (Å²) in [5, 5.41) is 3.53. The zero-order valence-corrected chi connectivity index (χ0v) is 16.6. The second-order valence-electron chi connectivity index (χ2n) is 7.97. The highest BCUT2D eigenvalue weighted by Crippen LogP contribution is 2.20. The van der Waals surface area contributed by atoms with Gasteiger partial charge in [-0.05, 0) is 57.5 Å². The van der Waals surface area contributed by atoms with E-state index in [0.29, 0.717) is 6.10 Å². The van der Waals surface area contributed by atoms with Gasteiger partial charge in [-0.2, -0.15) is 0 Å². The third-order valence-electron chi connectivity index (χ3n) is 5.89. The summed E-state index contributed by atoms with van der Waals surface area (Å²) in [6.45, 7) is 9.62. The normalized spacial score (nSPS) is 26.4. The van der Waals surface area contributed by atoms with E-state index in [1.54, 1.807) is 0 Å². The second-order valence-corrected chi connectivity index (χ2v) is 7.97. The van der Waals surface area contributed by atoms with Crippen LogP contribution in [-0.4, -0.2) is 88.0 Å². The predicted molar refractivity (Wildman–Crippen MR) is 106 cm³/mol. The summed E-state index contributed by atoms with van der Waals surface area (Å²) < 4.78 is 11.3. The minimum Gasteiger partial charge on any atom is -0.381 e. The van der Waals surface area contributed by atoms with Gasteiger partial charge in [0.2, 0.25) is 0 Å². The van der Waals surface area contributed by atoms with E-state index in [4.69, 9.17) is 9.47 Å². The van der Waals surface area contributed by atoms with Crippen LogP contribution in [0, 0.1) is 5.92 Å². The Bertz CT molecular complexity index is 420. The van der Waals surface area contributed by atoms with Crippen LogP contribution in [0.4, 0.5) is 0 Å². The minimum absolute atomic E-state index is 0.400. The number of nitrogens with one attached hydrogen (secondary N) is 1. The fourth-order valence-corrected chi connectivity index (χ4v) is 4.38. The van der Waals surface area contributed by atoms with E-state index in [1.165, 1.54) is 45.3 Å². The maximum atomic E-state index is 5.95. The molecule has 0 aromatic carbocycles. The summed E-state index contributed by atoms with van der Waals surface area (Å²) in [7, 11) is 1.90. The third kappa shape index (κ3) is 6.39. The molecule has 0 saturated carbocycles. The van der Waals surface area contributed by atoms with Crippen molar-refractivity contribution in [2.75, 3.05) is 66.1 Å². The van der Waals surface area contributed by atoms with Crippen molar-refractivity contribution in [1.29, 1.82) is 0 Å². The molecule has 1 atom stereocenters. The highest BCUT2D eigenvalue weighted by atomic mass is 16.5. The van der Waals surface area contributed by atoms with Gasteiger partial charge in [0, 0.05) is 53.0 Å². The number of guanidine groups is 1. The molecule has 0 aliphatic carbocycles. The molecule has 0 bridgehead atoms. The molecular formula is C20H38N4O2. The Morgan fingerprint density at radius 3 is 2.69 bits per heavy atom. The zero-order chi connectivity index (χ0) is 18.0. The van der Waals surface area contributed by atoms with Gasteiger partial charge >= 0.3 is 0 Å². The summed E-state index contributed by atoms with van der Waals surface area (Å²) in [5.74, 6) is 1.86. The summed E-state index contributed by atoms with van der Waals surface area (Å²) in [5.41, 5.74) is 0. The number of nitrogens with zero attached hydrogens (tertiary/aromatic N) is 3. The minimum atomic E-state index is 0.400. The van der Waals surface area contributed by atoms with E-state index in [-0.39, 0.29) is 0 Å². The molecule has 0 aromatic rings. The van der Waals surface area contributed by atoms with E-state index >= 15 is 0 Å². The Balaban J connectivity index is 1.28. The Kier molecular flexibility index (Phi) is 8.49. The number of likely N-dealkylation sites (tertiary alicyclic amines) is 2. The van der Waals surface area contributed by atoms with E-state index in [1.807, 2.05) is 7.05 Å². The average Bonchev–Trinajstić information content (AvgIpc) is 3.14. The Morgan fingerprint density at radius 2 is 1.92 bits per heavy atom. The molecule has 3 aliphatic rings. The standard InChI is InChI=1S/C20H38N4O2/c1-21-20(22-9-5-13-26-19-7-14-25-15-8-19)24-12-6-18(17-24)16-23-10-3-2-4-11-23/h18-19H,2-17H2,1H3,(H,21,22). The fourth-order valence-electron chi connectivity index (χ4n) is 4.38. The highest BCUT2D eigenvalue weighted by molar-refractivity contribution is 5.80. The topological polar surface area (TPSA) is 49.3 Å². The summed E-state index contributed by atoms with van der Waals surface area (Å²) in [4.78, 5) is 9.61. The van der Waals surface area contributed by atoms with Gasteiger partial charge in [-0.15, -0.1) is 0 Å². The molecule has 1 N–H and O–H groups in total. The molecule has 6 nitrogen and oxygen atoms in total. The SMILES string of the molecule is CN=C(NCCCOC1CCOCC1)N1CCC(CN2CCCCC2)C1. The van der Waals surface area contributed by atoms with Crippen LogP contribution in [0.15, 0.2) is 4.99 Å². The van der Waals surface area contributed by atoms with Gasteiger partial charge in [-0.25, -0.2) is 0 Å². The van der Waals surface area contributed by atoms with Gasteiger partial charge in [0.1, 0.15) is 0 Å². The first-order valence-electron chi connectivity index (χ1n) is 10.7. The summed E-state index contributed by atoms with van der Waals surface area (Å²) in [6, 6.07) is 0. The van der Waals surface area contributed by atoms with Crippen LogP contribution in [0.25, 0.3) is 0 Å². The quantitative estimate of drug-likeness (QED) is 0.424. The average molecular weight is 367 g/mol. The van der Waals surface area contributed by atoms with Crippen molar-refractivity contribution in [3.8, 4) is 0 Å². The van der Waals surface area contributed by atoms with Crippen LogP contribution in [0.5, 0.6) is 0 Å². The maximum Gasteiger partial charge on any atom is 0.193 e. The molecule has 26 heavy (non-hydrogen) atoms. The molecule has 0 spiro atoms. The van der Waals surface area contributed by atoms with Gasteiger partial charge in [0.25, 0.3) is 0 Å². The highest BCUT2D eigenvalue weighted by Gasteiger charge is 2.26. The molecule has 0 radical (unpaired) electrons. The zero-order valence-electron chi connectivity index (χ0n) is 16.6. The van der Waals surface area contributed by atoms with E-state index < -0.39 is 0 Å². The number of hydrogen-bond acceptors (Lipinski definition) is 4. The van der Waals surface area contributed by atoms with Crippen LogP contribution < -0.4 is 5.32 Å². The lowest BCUT2D eigenvalue weighted by Gasteiger charge is -2.29. The van der Waals surface area contributed by atoms with Crippen molar-refractivity contribution in [2.45, 2.75) is 51.0 Å². The van der Waals surface area contributed by atoms with E-state index in [0.717, 1.165) is 70.6 Å². The smallest absolute Gasteiger partial charge is 0.193 e. The number of aliphatic imine (C=N–C) groups is 1. The number of hydrogen-bond donors (Lipinski definition) is 1. The molecule has 3 heterocycles. The lowest BCUT2D eigenvalue weighted by molar-refractivity contribution is -0.0320. The maximum absolute atomic E-state index is 5.95. The number of ether oxygens (including phenoxy) is 2. The first-order chi connectivity index (χ1) is 12.8. The van der Waals surface area contributed by atoms with Crippen molar-refractivity contribution in [2.24, 2.45) is 10.9 Å².